The molecular formula is C15H22N2O3. The first-order chi connectivity index (χ1) is 9.72. The summed E-state index contributed by atoms with van der Waals surface area (Å²) in [6.07, 6.45) is 1.90. The number of rotatable bonds is 5. The van der Waals surface area contributed by atoms with Gasteiger partial charge in [-0.2, -0.15) is 0 Å². The van der Waals surface area contributed by atoms with Crippen LogP contribution in [0, 0.1) is 0 Å². The summed E-state index contributed by atoms with van der Waals surface area (Å²) in [5.74, 6) is -0.149. The molecule has 1 aromatic carbocycles. The van der Waals surface area contributed by atoms with Crippen LogP contribution >= 0.6 is 0 Å². The lowest BCUT2D eigenvalue weighted by molar-refractivity contribution is -0.123. The van der Waals surface area contributed by atoms with Crippen LogP contribution in [0.1, 0.15) is 11.1 Å². The Kier molecular flexibility index (Phi) is 5.52. The van der Waals surface area contributed by atoms with Crippen LogP contribution in [0.3, 0.4) is 0 Å². The first-order valence-electron chi connectivity index (χ1n) is 7.03. The summed E-state index contributed by atoms with van der Waals surface area (Å²) >= 11 is 0. The van der Waals surface area contributed by atoms with E-state index in [1.165, 1.54) is 11.1 Å². The van der Waals surface area contributed by atoms with Gasteiger partial charge in [-0.25, -0.2) is 0 Å². The van der Waals surface area contributed by atoms with Gasteiger partial charge in [0.2, 0.25) is 5.91 Å². The minimum absolute atomic E-state index is 0.149. The lowest BCUT2D eigenvalue weighted by Gasteiger charge is -2.21. The summed E-state index contributed by atoms with van der Waals surface area (Å²) in [6.45, 7) is 1.53. The van der Waals surface area contributed by atoms with Gasteiger partial charge in [0.05, 0.1) is 25.8 Å². The molecule has 5 heteroatoms. The number of hydrogen-bond donors (Lipinski definition) is 3. The first kappa shape index (κ1) is 15.0. The van der Waals surface area contributed by atoms with Gasteiger partial charge in [-0.05, 0) is 24.0 Å². The number of aliphatic hydroxyl groups excluding tert-OH is 2. The second-order valence-corrected chi connectivity index (χ2v) is 5.17. The van der Waals surface area contributed by atoms with Gasteiger partial charge in [-0.15, -0.1) is 0 Å². The summed E-state index contributed by atoms with van der Waals surface area (Å²) in [5, 5.41) is 20.5. The number of carbonyl (C=O) groups excluding carboxylic acids is 1. The van der Waals surface area contributed by atoms with Crippen LogP contribution in [0.4, 0.5) is 0 Å². The van der Waals surface area contributed by atoms with Crippen molar-refractivity contribution in [2.24, 2.45) is 0 Å². The van der Waals surface area contributed by atoms with E-state index in [0.717, 1.165) is 25.9 Å². The third-order valence-electron chi connectivity index (χ3n) is 3.69. The predicted molar refractivity (Wildman–Crippen MR) is 76.4 cm³/mol. The average molecular weight is 278 g/mol. The van der Waals surface area contributed by atoms with Crippen LogP contribution in [-0.4, -0.2) is 59.9 Å². The third kappa shape index (κ3) is 4.03. The molecule has 2 rings (SSSR count). The van der Waals surface area contributed by atoms with E-state index in [0.29, 0.717) is 6.54 Å². The van der Waals surface area contributed by atoms with Gasteiger partial charge in [0.1, 0.15) is 0 Å². The van der Waals surface area contributed by atoms with E-state index in [1.807, 2.05) is 12.1 Å². The highest BCUT2D eigenvalue weighted by Gasteiger charge is 2.17. The van der Waals surface area contributed by atoms with Gasteiger partial charge in [-0.3, -0.25) is 9.69 Å². The van der Waals surface area contributed by atoms with Crippen LogP contribution in [0.15, 0.2) is 24.3 Å². The molecule has 0 saturated carbocycles. The Morgan fingerprint density at radius 1 is 1.15 bits per heavy atom. The molecule has 0 spiro atoms. The molecule has 0 bridgehead atoms. The van der Waals surface area contributed by atoms with Gasteiger partial charge in [-0.1, -0.05) is 24.3 Å². The highest BCUT2D eigenvalue weighted by atomic mass is 16.3. The molecule has 110 valence electrons. The monoisotopic (exact) mass is 278 g/mol. The number of nitrogens with one attached hydrogen (secondary N) is 1. The quantitative estimate of drug-likeness (QED) is 0.682. The second-order valence-electron chi connectivity index (χ2n) is 5.17. The molecule has 1 amide bonds. The fourth-order valence-corrected chi connectivity index (χ4v) is 2.50. The van der Waals surface area contributed by atoms with Gasteiger partial charge in [0, 0.05) is 13.1 Å². The van der Waals surface area contributed by atoms with E-state index in [4.69, 9.17) is 10.2 Å². The number of amides is 1. The number of carbonyl (C=O) groups is 1. The van der Waals surface area contributed by atoms with E-state index in [2.05, 4.69) is 22.3 Å². The molecule has 0 atom stereocenters. The van der Waals surface area contributed by atoms with Gasteiger partial charge in [0.15, 0.2) is 0 Å². The largest absolute Gasteiger partial charge is 0.394 e. The summed E-state index contributed by atoms with van der Waals surface area (Å²) in [4.78, 5) is 14.0. The second kappa shape index (κ2) is 7.38. The van der Waals surface area contributed by atoms with Crippen molar-refractivity contribution in [2.75, 3.05) is 32.8 Å². The van der Waals surface area contributed by atoms with Crippen molar-refractivity contribution in [3.05, 3.63) is 35.4 Å². The Labute approximate surface area is 119 Å². The average Bonchev–Trinajstić information content (AvgIpc) is 2.67. The Hall–Kier alpha value is -1.43. The maximum Gasteiger partial charge on any atom is 0.234 e. The van der Waals surface area contributed by atoms with Gasteiger partial charge in [0.25, 0.3) is 0 Å². The minimum Gasteiger partial charge on any atom is -0.394 e. The summed E-state index contributed by atoms with van der Waals surface area (Å²) in [7, 11) is 0. The summed E-state index contributed by atoms with van der Waals surface area (Å²) in [5.41, 5.74) is 2.72. The van der Waals surface area contributed by atoms with Crippen LogP contribution in [0.25, 0.3) is 0 Å². The Bertz CT molecular complexity index is 419. The predicted octanol–water partition coefficient (Wildman–Crippen LogP) is -0.443. The minimum atomic E-state index is -0.563. The molecule has 0 unspecified atom stereocenters. The molecule has 5 nitrogen and oxygen atoms in total. The van der Waals surface area contributed by atoms with E-state index < -0.39 is 6.04 Å². The highest BCUT2D eigenvalue weighted by molar-refractivity contribution is 5.78. The van der Waals surface area contributed by atoms with Crippen molar-refractivity contribution < 1.29 is 15.0 Å². The maximum atomic E-state index is 11.8. The van der Waals surface area contributed by atoms with Crippen LogP contribution in [0.5, 0.6) is 0 Å². The fourth-order valence-electron chi connectivity index (χ4n) is 2.50. The summed E-state index contributed by atoms with van der Waals surface area (Å²) in [6, 6.07) is 7.83. The van der Waals surface area contributed by atoms with E-state index in [9.17, 15) is 4.79 Å². The van der Waals surface area contributed by atoms with E-state index in [1.54, 1.807) is 0 Å². The number of hydrogen-bond acceptors (Lipinski definition) is 4. The van der Waals surface area contributed by atoms with Gasteiger partial charge >= 0.3 is 0 Å². The van der Waals surface area contributed by atoms with E-state index >= 15 is 0 Å². The van der Waals surface area contributed by atoms with Gasteiger partial charge < -0.3 is 15.5 Å². The summed E-state index contributed by atoms with van der Waals surface area (Å²) < 4.78 is 0. The standard InChI is InChI=1S/C15H22N2O3/c18-10-14(11-19)16-15(20)9-17-7-5-12-3-1-2-4-13(12)6-8-17/h1-4,14,18-19H,5-11H2,(H,16,20). The molecule has 0 saturated heterocycles. The maximum absolute atomic E-state index is 11.8. The molecule has 1 aliphatic heterocycles. The Balaban J connectivity index is 1.85. The zero-order valence-electron chi connectivity index (χ0n) is 11.6. The van der Waals surface area contributed by atoms with E-state index in [-0.39, 0.29) is 19.1 Å². The van der Waals surface area contributed by atoms with Crippen molar-refractivity contribution in [1.82, 2.24) is 10.2 Å². The molecule has 0 aliphatic carbocycles. The van der Waals surface area contributed by atoms with Crippen molar-refractivity contribution in [3.63, 3.8) is 0 Å². The lowest BCUT2D eigenvalue weighted by Crippen LogP contribution is -2.45. The number of benzene rings is 1. The zero-order valence-corrected chi connectivity index (χ0v) is 11.6. The number of nitrogens with zero attached hydrogens (tertiary/aromatic N) is 1. The normalized spacial score (nSPS) is 15.8. The van der Waals surface area contributed by atoms with Crippen molar-refractivity contribution in [1.29, 1.82) is 0 Å². The topological polar surface area (TPSA) is 72.8 Å². The molecule has 3 N–H and O–H groups in total. The number of fused-ring (bicyclic) bond motifs is 1. The molecule has 20 heavy (non-hydrogen) atoms. The lowest BCUT2D eigenvalue weighted by atomic mass is 10.0. The first-order valence-corrected chi connectivity index (χ1v) is 7.03. The Morgan fingerprint density at radius 3 is 2.20 bits per heavy atom. The third-order valence-corrected chi connectivity index (χ3v) is 3.69. The van der Waals surface area contributed by atoms with Crippen LogP contribution in [0.2, 0.25) is 0 Å². The van der Waals surface area contributed by atoms with Crippen molar-refractivity contribution in [3.8, 4) is 0 Å². The zero-order chi connectivity index (χ0) is 14.4. The molecule has 0 radical (unpaired) electrons. The molecule has 1 aromatic rings. The molecule has 0 fully saturated rings. The van der Waals surface area contributed by atoms with Crippen LogP contribution < -0.4 is 5.32 Å². The molecule has 0 aromatic heterocycles. The SMILES string of the molecule is O=C(CN1CCc2ccccc2CC1)NC(CO)CO. The molecule has 1 heterocycles. The Morgan fingerprint density at radius 2 is 1.70 bits per heavy atom. The molecular weight excluding hydrogens is 256 g/mol. The van der Waals surface area contributed by atoms with Crippen molar-refractivity contribution in [2.45, 2.75) is 18.9 Å². The smallest absolute Gasteiger partial charge is 0.234 e. The number of aliphatic hydroxyl groups is 2. The van der Waals surface area contributed by atoms with Crippen LogP contribution in [-0.2, 0) is 17.6 Å². The van der Waals surface area contributed by atoms with Crippen molar-refractivity contribution >= 4 is 5.91 Å². The molecule has 1 aliphatic rings. The fraction of sp³-hybridized carbons (Fsp3) is 0.533. The highest BCUT2D eigenvalue weighted by Crippen LogP contribution is 2.15.